The van der Waals surface area contributed by atoms with Gasteiger partial charge in [-0.2, -0.15) is 0 Å². The second kappa shape index (κ2) is 8.08. The van der Waals surface area contributed by atoms with E-state index < -0.39 is 5.82 Å². The van der Waals surface area contributed by atoms with Crippen LogP contribution in [0.2, 0.25) is 0 Å². The second-order valence-corrected chi connectivity index (χ2v) is 5.36. The molecule has 4 nitrogen and oxygen atoms in total. The van der Waals surface area contributed by atoms with E-state index in [-0.39, 0.29) is 5.75 Å². The van der Waals surface area contributed by atoms with Crippen molar-refractivity contribution in [1.82, 2.24) is 0 Å². The number of nitrogen functional groups attached to an aromatic ring is 1. The molecule has 2 rings (SSSR count). The topological polar surface area (TPSA) is 56.5 Å². The molecule has 1 aliphatic rings. The maximum Gasteiger partial charge on any atom is 0.167 e. The van der Waals surface area contributed by atoms with E-state index in [1.807, 2.05) is 6.92 Å². The van der Waals surface area contributed by atoms with Crippen molar-refractivity contribution >= 4 is 11.4 Å². The second-order valence-electron chi connectivity index (χ2n) is 5.36. The Morgan fingerprint density at radius 2 is 2.05 bits per heavy atom. The molecule has 1 saturated carbocycles. The molecular formula is C16H25FN2O2. The van der Waals surface area contributed by atoms with Crippen LogP contribution in [-0.2, 0) is 4.74 Å². The number of nitrogens with two attached hydrogens (primary N) is 1. The van der Waals surface area contributed by atoms with Crippen LogP contribution in [0.1, 0.15) is 39.0 Å². The minimum Gasteiger partial charge on any atom is -0.491 e. The van der Waals surface area contributed by atoms with Crippen LogP contribution in [0.25, 0.3) is 0 Å². The fraction of sp³-hybridized carbons (Fsp3) is 0.625. The van der Waals surface area contributed by atoms with Gasteiger partial charge in [-0.1, -0.05) is 19.3 Å². The number of hydrogen-bond donors (Lipinski definition) is 2. The minimum absolute atomic E-state index is 0.224. The van der Waals surface area contributed by atoms with E-state index in [1.165, 1.54) is 25.3 Å². The molecule has 1 fully saturated rings. The predicted octanol–water partition coefficient (Wildman–Crippen LogP) is 3.57. The zero-order valence-corrected chi connectivity index (χ0v) is 12.7. The maximum absolute atomic E-state index is 13.6. The number of ether oxygens (including phenoxy) is 2. The first-order chi connectivity index (χ1) is 10.2. The highest BCUT2D eigenvalue weighted by atomic mass is 19.1. The van der Waals surface area contributed by atoms with Crippen molar-refractivity contribution in [2.24, 2.45) is 0 Å². The van der Waals surface area contributed by atoms with Crippen molar-refractivity contribution in [3.63, 3.8) is 0 Å². The number of rotatable bonds is 7. The van der Waals surface area contributed by atoms with E-state index in [2.05, 4.69) is 5.32 Å². The molecule has 0 aliphatic heterocycles. The lowest BCUT2D eigenvalue weighted by molar-refractivity contribution is 0.0347. The predicted molar refractivity (Wildman–Crippen MR) is 83.3 cm³/mol. The minimum atomic E-state index is -0.432. The largest absolute Gasteiger partial charge is 0.491 e. The van der Waals surface area contributed by atoms with Gasteiger partial charge in [0.1, 0.15) is 0 Å². The summed E-state index contributed by atoms with van der Waals surface area (Å²) in [6, 6.07) is 2.89. The lowest BCUT2D eigenvalue weighted by Crippen LogP contribution is -2.20. The molecule has 0 atom stereocenters. The van der Waals surface area contributed by atoms with Crippen molar-refractivity contribution in [2.75, 3.05) is 30.8 Å². The first-order valence-electron chi connectivity index (χ1n) is 7.78. The van der Waals surface area contributed by atoms with Gasteiger partial charge in [-0.05, 0) is 19.8 Å². The van der Waals surface area contributed by atoms with Crippen LogP contribution < -0.4 is 15.8 Å². The van der Waals surface area contributed by atoms with Crippen molar-refractivity contribution in [2.45, 2.75) is 45.1 Å². The summed E-state index contributed by atoms with van der Waals surface area (Å²) in [6.07, 6.45) is 6.57. The Kier molecular flexibility index (Phi) is 6.11. The summed E-state index contributed by atoms with van der Waals surface area (Å²) >= 11 is 0. The van der Waals surface area contributed by atoms with E-state index in [4.69, 9.17) is 15.2 Å². The number of hydrogen-bond acceptors (Lipinski definition) is 4. The Balaban J connectivity index is 1.80. The van der Waals surface area contributed by atoms with Gasteiger partial charge in [0.25, 0.3) is 0 Å². The highest BCUT2D eigenvalue weighted by Gasteiger charge is 2.13. The lowest BCUT2D eigenvalue weighted by atomic mass is 9.98. The highest BCUT2D eigenvalue weighted by Crippen LogP contribution is 2.28. The van der Waals surface area contributed by atoms with E-state index in [0.29, 0.717) is 37.2 Å². The fourth-order valence-corrected chi connectivity index (χ4v) is 2.63. The molecule has 0 amide bonds. The summed E-state index contributed by atoms with van der Waals surface area (Å²) in [7, 11) is 0. The monoisotopic (exact) mass is 296 g/mol. The molecule has 1 aromatic carbocycles. The molecule has 5 heteroatoms. The first-order valence-corrected chi connectivity index (χ1v) is 7.78. The highest BCUT2D eigenvalue weighted by molar-refractivity contribution is 5.68. The SMILES string of the molecule is CCOc1cc(NCCOC2CCCCC2)c(N)cc1F. The van der Waals surface area contributed by atoms with E-state index in [9.17, 15) is 4.39 Å². The quantitative estimate of drug-likeness (QED) is 0.596. The van der Waals surface area contributed by atoms with Crippen molar-refractivity contribution in [3.8, 4) is 5.75 Å². The van der Waals surface area contributed by atoms with Crippen molar-refractivity contribution < 1.29 is 13.9 Å². The number of anilines is 2. The maximum atomic E-state index is 13.6. The Labute approximate surface area is 125 Å². The van der Waals surface area contributed by atoms with E-state index in [0.717, 1.165) is 12.8 Å². The molecule has 0 unspecified atom stereocenters. The number of halogens is 1. The van der Waals surface area contributed by atoms with Crippen molar-refractivity contribution in [3.05, 3.63) is 17.9 Å². The zero-order valence-electron chi connectivity index (χ0n) is 12.7. The Hall–Kier alpha value is -1.49. The molecule has 0 radical (unpaired) electrons. The molecule has 0 spiro atoms. The van der Waals surface area contributed by atoms with Crippen LogP contribution in [0.5, 0.6) is 5.75 Å². The van der Waals surface area contributed by atoms with E-state index in [1.54, 1.807) is 6.07 Å². The average Bonchev–Trinajstić information content (AvgIpc) is 2.49. The molecule has 3 N–H and O–H groups in total. The van der Waals surface area contributed by atoms with Gasteiger partial charge in [0.05, 0.1) is 30.7 Å². The van der Waals surface area contributed by atoms with Gasteiger partial charge >= 0.3 is 0 Å². The molecule has 21 heavy (non-hydrogen) atoms. The Morgan fingerprint density at radius 3 is 2.76 bits per heavy atom. The summed E-state index contributed by atoms with van der Waals surface area (Å²) < 4.78 is 24.7. The number of benzene rings is 1. The van der Waals surface area contributed by atoms with Gasteiger partial charge in [-0.3, -0.25) is 0 Å². The average molecular weight is 296 g/mol. The summed E-state index contributed by atoms with van der Waals surface area (Å²) in [5.41, 5.74) is 6.88. The third-order valence-electron chi connectivity index (χ3n) is 3.73. The molecule has 1 aliphatic carbocycles. The molecule has 0 bridgehead atoms. The smallest absolute Gasteiger partial charge is 0.167 e. The van der Waals surface area contributed by atoms with Gasteiger partial charge in [0.15, 0.2) is 11.6 Å². The van der Waals surface area contributed by atoms with Crippen LogP contribution in [0, 0.1) is 5.82 Å². The normalized spacial score (nSPS) is 15.9. The molecule has 1 aromatic rings. The molecule has 0 saturated heterocycles. The van der Waals surface area contributed by atoms with Crippen molar-refractivity contribution in [1.29, 1.82) is 0 Å². The third-order valence-corrected chi connectivity index (χ3v) is 3.73. The van der Waals surface area contributed by atoms with Gasteiger partial charge in [-0.15, -0.1) is 0 Å². The fourth-order valence-electron chi connectivity index (χ4n) is 2.63. The standard InChI is InChI=1S/C16H25FN2O2/c1-2-20-16-11-15(14(18)10-13(16)17)19-8-9-21-12-6-4-3-5-7-12/h10-12,19H,2-9,18H2,1H3. The zero-order chi connectivity index (χ0) is 15.1. The summed E-state index contributed by atoms with van der Waals surface area (Å²) in [6.45, 7) is 3.52. The molecular weight excluding hydrogens is 271 g/mol. The van der Waals surface area contributed by atoms with Crippen LogP contribution in [0.4, 0.5) is 15.8 Å². The molecule has 118 valence electrons. The Bertz CT molecular complexity index is 448. The molecule has 0 aromatic heterocycles. The van der Waals surface area contributed by atoms with Gasteiger partial charge in [0, 0.05) is 18.7 Å². The number of nitrogens with one attached hydrogen (secondary N) is 1. The van der Waals surface area contributed by atoms with Gasteiger partial charge in [0.2, 0.25) is 0 Å². The third kappa shape index (κ3) is 4.77. The first kappa shape index (κ1) is 15.9. The molecule has 0 heterocycles. The van der Waals surface area contributed by atoms with Gasteiger partial charge < -0.3 is 20.5 Å². The van der Waals surface area contributed by atoms with Gasteiger partial charge in [-0.25, -0.2) is 4.39 Å². The van der Waals surface area contributed by atoms with Crippen LogP contribution in [0.15, 0.2) is 12.1 Å². The lowest BCUT2D eigenvalue weighted by Gasteiger charge is -2.22. The van der Waals surface area contributed by atoms with Crippen LogP contribution in [-0.4, -0.2) is 25.9 Å². The van der Waals surface area contributed by atoms with E-state index >= 15 is 0 Å². The summed E-state index contributed by atoms with van der Waals surface area (Å²) in [5, 5.41) is 3.18. The van der Waals surface area contributed by atoms with Crippen LogP contribution in [0.3, 0.4) is 0 Å². The summed E-state index contributed by atoms with van der Waals surface area (Å²) in [5.74, 6) is -0.208. The Morgan fingerprint density at radius 1 is 1.29 bits per heavy atom. The summed E-state index contributed by atoms with van der Waals surface area (Å²) in [4.78, 5) is 0. The van der Waals surface area contributed by atoms with Crippen LogP contribution >= 0.6 is 0 Å².